The summed E-state index contributed by atoms with van der Waals surface area (Å²) in [6, 6.07) is 1.14. The van der Waals surface area contributed by atoms with E-state index in [0.29, 0.717) is 12.1 Å². The summed E-state index contributed by atoms with van der Waals surface area (Å²) in [5.41, 5.74) is -0.0845. The van der Waals surface area contributed by atoms with Crippen molar-refractivity contribution in [2.24, 2.45) is 5.92 Å². The molecule has 1 heterocycles. The molecular formula is C17H36N2O. The highest BCUT2D eigenvalue weighted by molar-refractivity contribution is 4.88. The summed E-state index contributed by atoms with van der Waals surface area (Å²) in [5.74, 6) is 0.825. The van der Waals surface area contributed by atoms with E-state index >= 15 is 0 Å². The number of nitrogens with zero attached hydrogens (tertiary/aromatic N) is 1. The molecule has 3 nitrogen and oxygen atoms in total. The van der Waals surface area contributed by atoms with E-state index in [9.17, 15) is 5.11 Å². The van der Waals surface area contributed by atoms with Crippen molar-refractivity contribution < 1.29 is 5.11 Å². The smallest absolute Gasteiger partial charge is 0.0613 e. The molecule has 0 aromatic carbocycles. The third-order valence-corrected chi connectivity index (χ3v) is 5.18. The second-order valence-corrected chi connectivity index (χ2v) is 7.09. The van der Waals surface area contributed by atoms with Crippen LogP contribution in [0.5, 0.6) is 0 Å². The van der Waals surface area contributed by atoms with Crippen LogP contribution in [0.25, 0.3) is 0 Å². The van der Waals surface area contributed by atoms with E-state index in [-0.39, 0.29) is 12.1 Å². The maximum absolute atomic E-state index is 9.78. The largest absolute Gasteiger partial charge is 0.394 e. The van der Waals surface area contributed by atoms with E-state index < -0.39 is 0 Å². The summed E-state index contributed by atoms with van der Waals surface area (Å²) in [5, 5.41) is 13.4. The fraction of sp³-hybridized carbons (Fsp3) is 1.00. The van der Waals surface area contributed by atoms with Gasteiger partial charge in [-0.3, -0.25) is 0 Å². The van der Waals surface area contributed by atoms with Crippen LogP contribution in [0.3, 0.4) is 0 Å². The summed E-state index contributed by atoms with van der Waals surface area (Å²) in [6.07, 6.45) is 5.95. The molecular weight excluding hydrogens is 248 g/mol. The Balaban J connectivity index is 2.43. The Morgan fingerprint density at radius 2 is 2.05 bits per heavy atom. The lowest BCUT2D eigenvalue weighted by Gasteiger charge is -2.39. The molecule has 1 aliphatic rings. The zero-order valence-corrected chi connectivity index (χ0v) is 14.3. The second-order valence-electron chi connectivity index (χ2n) is 7.09. The number of nitrogens with one attached hydrogen (secondary N) is 1. The van der Waals surface area contributed by atoms with E-state index in [1.54, 1.807) is 0 Å². The molecule has 1 rings (SSSR count). The van der Waals surface area contributed by atoms with Gasteiger partial charge in [0, 0.05) is 17.6 Å². The Morgan fingerprint density at radius 3 is 2.60 bits per heavy atom. The highest BCUT2D eigenvalue weighted by Gasteiger charge is 2.29. The molecule has 120 valence electrons. The average molecular weight is 284 g/mol. The predicted molar refractivity (Wildman–Crippen MR) is 87.0 cm³/mol. The second kappa shape index (κ2) is 8.35. The first-order valence-electron chi connectivity index (χ1n) is 8.56. The molecule has 1 aliphatic heterocycles. The molecule has 0 spiro atoms. The van der Waals surface area contributed by atoms with Gasteiger partial charge in [-0.05, 0) is 58.0 Å². The number of piperidine rings is 1. The van der Waals surface area contributed by atoms with E-state index in [2.05, 4.69) is 44.8 Å². The van der Waals surface area contributed by atoms with Crippen molar-refractivity contribution in [1.29, 1.82) is 0 Å². The van der Waals surface area contributed by atoms with Gasteiger partial charge in [0.2, 0.25) is 0 Å². The Labute approximate surface area is 126 Å². The molecule has 0 bridgehead atoms. The molecule has 1 fully saturated rings. The maximum atomic E-state index is 9.78. The highest BCUT2D eigenvalue weighted by Crippen LogP contribution is 2.24. The van der Waals surface area contributed by atoms with Gasteiger partial charge in [-0.25, -0.2) is 0 Å². The Hall–Kier alpha value is -0.120. The quantitative estimate of drug-likeness (QED) is 0.719. The molecule has 0 saturated carbocycles. The monoisotopic (exact) mass is 284 g/mol. The van der Waals surface area contributed by atoms with Crippen molar-refractivity contribution >= 4 is 0 Å². The summed E-state index contributed by atoms with van der Waals surface area (Å²) >= 11 is 0. The number of hydrogen-bond acceptors (Lipinski definition) is 3. The minimum absolute atomic E-state index is 0.0845. The van der Waals surface area contributed by atoms with E-state index in [0.717, 1.165) is 18.8 Å². The summed E-state index contributed by atoms with van der Waals surface area (Å²) in [6.45, 7) is 13.9. The van der Waals surface area contributed by atoms with Gasteiger partial charge in [-0.1, -0.05) is 27.7 Å². The fourth-order valence-electron chi connectivity index (χ4n) is 3.56. The van der Waals surface area contributed by atoms with Crippen molar-refractivity contribution in [1.82, 2.24) is 10.2 Å². The van der Waals surface area contributed by atoms with Crippen LogP contribution in [0.4, 0.5) is 0 Å². The molecule has 3 heteroatoms. The van der Waals surface area contributed by atoms with Gasteiger partial charge in [0.1, 0.15) is 0 Å². The van der Waals surface area contributed by atoms with Gasteiger partial charge in [0.05, 0.1) is 6.61 Å². The molecule has 2 N–H and O–H groups in total. The molecule has 3 unspecified atom stereocenters. The van der Waals surface area contributed by atoms with Crippen LogP contribution < -0.4 is 5.32 Å². The zero-order chi connectivity index (χ0) is 15.2. The molecule has 20 heavy (non-hydrogen) atoms. The summed E-state index contributed by atoms with van der Waals surface area (Å²) < 4.78 is 0. The predicted octanol–water partition coefficient (Wildman–Crippen LogP) is 3.03. The molecule has 0 aromatic heterocycles. The summed E-state index contributed by atoms with van der Waals surface area (Å²) in [7, 11) is 0. The Kier molecular flexibility index (Phi) is 7.49. The van der Waals surface area contributed by atoms with E-state index in [1.165, 1.54) is 32.4 Å². The highest BCUT2D eigenvalue weighted by atomic mass is 16.3. The Morgan fingerprint density at radius 1 is 1.35 bits per heavy atom. The minimum Gasteiger partial charge on any atom is -0.394 e. The van der Waals surface area contributed by atoms with Gasteiger partial charge in [-0.15, -0.1) is 0 Å². The number of rotatable bonds is 8. The van der Waals surface area contributed by atoms with Gasteiger partial charge < -0.3 is 15.3 Å². The number of likely N-dealkylation sites (tertiary alicyclic amines) is 1. The van der Waals surface area contributed by atoms with Crippen molar-refractivity contribution in [3.63, 3.8) is 0 Å². The first-order valence-corrected chi connectivity index (χ1v) is 8.56. The molecule has 0 aliphatic carbocycles. The van der Waals surface area contributed by atoms with Gasteiger partial charge in [0.15, 0.2) is 0 Å². The van der Waals surface area contributed by atoms with Crippen molar-refractivity contribution in [2.45, 2.75) is 84.3 Å². The molecule has 0 radical (unpaired) electrons. The molecule has 0 aromatic rings. The standard InChI is InChI=1S/C17H36N2O/c1-6-17(13-20,18-14(2)3)10-8-12-19-11-7-9-15(4)16(19)5/h14-16,18,20H,6-13H2,1-5H3. The van der Waals surface area contributed by atoms with Crippen LogP contribution in [0.1, 0.15) is 66.7 Å². The van der Waals surface area contributed by atoms with E-state index in [1.807, 2.05) is 0 Å². The normalized spacial score (nSPS) is 27.8. The lowest BCUT2D eigenvalue weighted by atomic mass is 9.88. The van der Waals surface area contributed by atoms with Gasteiger partial charge in [-0.2, -0.15) is 0 Å². The average Bonchev–Trinajstić information content (AvgIpc) is 2.42. The van der Waals surface area contributed by atoms with Crippen molar-refractivity contribution in [3.05, 3.63) is 0 Å². The number of aliphatic hydroxyl groups is 1. The first-order chi connectivity index (χ1) is 9.44. The van der Waals surface area contributed by atoms with Crippen LogP contribution in [-0.4, -0.2) is 47.3 Å². The lowest BCUT2D eigenvalue weighted by molar-refractivity contribution is 0.0959. The third kappa shape index (κ3) is 5.01. The lowest BCUT2D eigenvalue weighted by Crippen LogP contribution is -2.51. The molecule has 1 saturated heterocycles. The van der Waals surface area contributed by atoms with Gasteiger partial charge in [0.25, 0.3) is 0 Å². The number of aliphatic hydroxyl groups excluding tert-OH is 1. The number of hydrogen-bond donors (Lipinski definition) is 2. The summed E-state index contributed by atoms with van der Waals surface area (Å²) in [4.78, 5) is 2.64. The van der Waals surface area contributed by atoms with Gasteiger partial charge >= 0.3 is 0 Å². The van der Waals surface area contributed by atoms with Crippen LogP contribution in [0.2, 0.25) is 0 Å². The SMILES string of the molecule is CCC(CO)(CCCN1CCCC(C)C1C)NC(C)C. The van der Waals surface area contributed by atoms with Crippen LogP contribution >= 0.6 is 0 Å². The zero-order valence-electron chi connectivity index (χ0n) is 14.3. The van der Waals surface area contributed by atoms with Crippen LogP contribution in [-0.2, 0) is 0 Å². The van der Waals surface area contributed by atoms with Crippen LogP contribution in [0, 0.1) is 5.92 Å². The first kappa shape index (κ1) is 17.9. The van der Waals surface area contributed by atoms with Crippen LogP contribution in [0.15, 0.2) is 0 Å². The topological polar surface area (TPSA) is 35.5 Å². The maximum Gasteiger partial charge on any atom is 0.0613 e. The van der Waals surface area contributed by atoms with Crippen molar-refractivity contribution in [3.8, 4) is 0 Å². The molecule has 3 atom stereocenters. The molecule has 0 amide bonds. The fourth-order valence-corrected chi connectivity index (χ4v) is 3.56. The van der Waals surface area contributed by atoms with Crippen molar-refractivity contribution in [2.75, 3.05) is 19.7 Å². The van der Waals surface area contributed by atoms with E-state index in [4.69, 9.17) is 0 Å². The Bertz CT molecular complexity index is 264. The third-order valence-electron chi connectivity index (χ3n) is 5.18. The minimum atomic E-state index is -0.0845.